The largest absolute Gasteiger partial charge is 0.394 e. The highest BCUT2D eigenvalue weighted by atomic mass is 32.2. The summed E-state index contributed by atoms with van der Waals surface area (Å²) in [5.41, 5.74) is 4.08. The van der Waals surface area contributed by atoms with Crippen LogP contribution in [0.3, 0.4) is 0 Å². The van der Waals surface area contributed by atoms with Gasteiger partial charge in [0.05, 0.1) is 17.5 Å². The van der Waals surface area contributed by atoms with Gasteiger partial charge < -0.3 is 14.6 Å². The molecule has 1 aromatic carbocycles. The molecule has 6 nitrogen and oxygen atoms in total. The quantitative estimate of drug-likeness (QED) is 0.849. The summed E-state index contributed by atoms with van der Waals surface area (Å²) in [6.45, 7) is 0.860. The van der Waals surface area contributed by atoms with Gasteiger partial charge in [0, 0.05) is 48.4 Å². The number of aromatic nitrogens is 1. The highest BCUT2D eigenvalue weighted by molar-refractivity contribution is 7.90. The van der Waals surface area contributed by atoms with E-state index in [2.05, 4.69) is 4.90 Å². The number of aliphatic hydroxyl groups is 1. The lowest BCUT2D eigenvalue weighted by Gasteiger charge is -2.28. The second kappa shape index (κ2) is 6.90. The fourth-order valence-corrected chi connectivity index (χ4v) is 4.91. The Balaban J connectivity index is 2.00. The summed E-state index contributed by atoms with van der Waals surface area (Å²) in [6.07, 6.45) is 9.34. The number of hydrogen-bond donors (Lipinski definition) is 1. The van der Waals surface area contributed by atoms with E-state index in [1.165, 1.54) is 6.26 Å². The van der Waals surface area contributed by atoms with Crippen molar-refractivity contribution < 1.29 is 13.5 Å². The molecule has 0 saturated carbocycles. The van der Waals surface area contributed by atoms with Crippen molar-refractivity contribution in [1.82, 2.24) is 4.57 Å². The lowest BCUT2D eigenvalue weighted by atomic mass is 9.97. The number of sulfone groups is 1. The third-order valence-corrected chi connectivity index (χ3v) is 6.82. The van der Waals surface area contributed by atoms with Crippen LogP contribution in [0.15, 0.2) is 40.2 Å². The summed E-state index contributed by atoms with van der Waals surface area (Å²) < 4.78 is 26.0. The fraction of sp³-hybridized carbons (Fsp3) is 0.381. The molecule has 1 atom stereocenters. The molecule has 0 bridgehead atoms. The number of anilines is 1. The topological polar surface area (TPSA) is 79.6 Å². The summed E-state index contributed by atoms with van der Waals surface area (Å²) >= 11 is 0. The van der Waals surface area contributed by atoms with Crippen molar-refractivity contribution >= 4 is 21.6 Å². The number of pyridine rings is 1. The van der Waals surface area contributed by atoms with E-state index in [1.807, 2.05) is 18.2 Å². The van der Waals surface area contributed by atoms with Crippen LogP contribution in [0.4, 0.5) is 5.69 Å². The van der Waals surface area contributed by atoms with Gasteiger partial charge in [-0.25, -0.2) is 8.42 Å². The van der Waals surface area contributed by atoms with Crippen LogP contribution in [-0.4, -0.2) is 43.5 Å². The van der Waals surface area contributed by atoms with E-state index in [4.69, 9.17) is 0 Å². The average molecular weight is 401 g/mol. The molecule has 1 aliphatic heterocycles. The van der Waals surface area contributed by atoms with Crippen LogP contribution in [0.1, 0.15) is 24.0 Å². The Morgan fingerprint density at radius 1 is 1.25 bits per heavy atom. The smallest absolute Gasteiger partial charge is 0.254 e. The predicted octanol–water partition coefficient (Wildman–Crippen LogP) is 1.99. The molecule has 1 fully saturated rings. The number of fused-ring (bicyclic) bond motifs is 1. The van der Waals surface area contributed by atoms with Crippen LogP contribution in [0.5, 0.6) is 0 Å². The number of hydrogen-bond acceptors (Lipinski definition) is 5. The first-order chi connectivity index (χ1) is 13.3. The minimum atomic E-state index is -3.38. The Bertz CT molecular complexity index is 1130. The van der Waals surface area contributed by atoms with E-state index in [0.717, 1.165) is 47.3 Å². The minimum absolute atomic E-state index is 0.0129. The molecule has 0 spiro atoms. The van der Waals surface area contributed by atoms with Gasteiger partial charge in [-0.1, -0.05) is 12.2 Å². The zero-order chi connectivity index (χ0) is 20.1. The van der Waals surface area contributed by atoms with Crippen molar-refractivity contribution in [3.8, 4) is 11.1 Å². The summed E-state index contributed by atoms with van der Waals surface area (Å²) in [5, 5.41) is 9.78. The van der Waals surface area contributed by atoms with Gasteiger partial charge in [-0.05, 0) is 43.0 Å². The highest BCUT2D eigenvalue weighted by Gasteiger charge is 2.28. The second-order valence-electron chi connectivity index (χ2n) is 7.58. The first-order valence-electron chi connectivity index (χ1n) is 9.42. The maximum Gasteiger partial charge on any atom is 0.254 e. The zero-order valence-electron chi connectivity index (χ0n) is 16.1. The van der Waals surface area contributed by atoms with Crippen molar-refractivity contribution in [1.29, 1.82) is 0 Å². The summed E-state index contributed by atoms with van der Waals surface area (Å²) in [4.78, 5) is 14.9. The third-order valence-electron chi connectivity index (χ3n) is 5.71. The van der Waals surface area contributed by atoms with Crippen LogP contribution in [0.2, 0.25) is 0 Å². The molecule has 7 heteroatoms. The average Bonchev–Trinajstić information content (AvgIpc) is 3.32. The second-order valence-corrected chi connectivity index (χ2v) is 9.60. The molecule has 1 N–H and O–H groups in total. The van der Waals surface area contributed by atoms with Crippen molar-refractivity contribution in [2.45, 2.75) is 30.2 Å². The molecule has 1 aliphatic carbocycles. The standard InChI is InChI=1S/C21H24N2O4S/c1-22-12-19(16-6-3-7-17(16)21(22)25)18-11-15(28(2,26)27)8-9-20(18)23-10-4-5-14(23)13-24/h3,6,8-9,11-12,14,24H,4-5,7,10,13H2,1-2H3. The molecule has 2 aliphatic rings. The van der Waals surface area contributed by atoms with E-state index >= 15 is 0 Å². The molecule has 1 unspecified atom stereocenters. The highest BCUT2D eigenvalue weighted by Crippen LogP contribution is 2.39. The van der Waals surface area contributed by atoms with Gasteiger partial charge in [-0.15, -0.1) is 0 Å². The lowest BCUT2D eigenvalue weighted by Crippen LogP contribution is -2.32. The van der Waals surface area contributed by atoms with E-state index in [1.54, 1.807) is 29.9 Å². The molecule has 148 valence electrons. The van der Waals surface area contributed by atoms with E-state index in [0.29, 0.717) is 6.42 Å². The number of allylic oxidation sites excluding steroid dienone is 1. The lowest BCUT2D eigenvalue weighted by molar-refractivity contribution is 0.266. The number of aliphatic hydroxyl groups excluding tert-OH is 1. The van der Waals surface area contributed by atoms with Crippen LogP contribution in [-0.2, 0) is 23.3 Å². The Labute approximate surface area is 164 Å². The maximum absolute atomic E-state index is 12.5. The van der Waals surface area contributed by atoms with Gasteiger partial charge in [0.1, 0.15) is 0 Å². The van der Waals surface area contributed by atoms with Gasteiger partial charge in [-0.3, -0.25) is 4.79 Å². The first kappa shape index (κ1) is 19.0. The van der Waals surface area contributed by atoms with Gasteiger partial charge in [0.2, 0.25) is 0 Å². The normalized spacial score (nSPS) is 18.7. The molecular formula is C21H24N2O4S. The monoisotopic (exact) mass is 400 g/mol. The van der Waals surface area contributed by atoms with Gasteiger partial charge in [0.15, 0.2) is 9.84 Å². The van der Waals surface area contributed by atoms with Crippen molar-refractivity contribution in [2.75, 3.05) is 24.3 Å². The number of benzene rings is 1. The van der Waals surface area contributed by atoms with Gasteiger partial charge >= 0.3 is 0 Å². The SMILES string of the molecule is Cn1cc(-c2cc(S(C)(=O)=O)ccc2N2CCCC2CO)c2c(c1=O)CC=C2. The van der Waals surface area contributed by atoms with Gasteiger partial charge in [0.25, 0.3) is 5.56 Å². The van der Waals surface area contributed by atoms with Crippen molar-refractivity contribution in [3.05, 3.63) is 52.0 Å². The number of rotatable bonds is 4. The van der Waals surface area contributed by atoms with Crippen molar-refractivity contribution in [3.63, 3.8) is 0 Å². The van der Waals surface area contributed by atoms with Crippen LogP contribution < -0.4 is 10.5 Å². The van der Waals surface area contributed by atoms with Crippen LogP contribution >= 0.6 is 0 Å². The Morgan fingerprint density at radius 2 is 2.04 bits per heavy atom. The zero-order valence-corrected chi connectivity index (χ0v) is 16.9. The first-order valence-corrected chi connectivity index (χ1v) is 11.3. The minimum Gasteiger partial charge on any atom is -0.394 e. The van der Waals surface area contributed by atoms with Crippen molar-refractivity contribution in [2.24, 2.45) is 7.05 Å². The number of aryl methyl sites for hydroxylation is 1. The van der Waals surface area contributed by atoms with Crippen LogP contribution in [0, 0.1) is 0 Å². The molecule has 2 aromatic rings. The molecule has 28 heavy (non-hydrogen) atoms. The Morgan fingerprint density at radius 3 is 2.75 bits per heavy atom. The third kappa shape index (κ3) is 3.08. The Hall–Kier alpha value is -2.38. The molecule has 4 rings (SSSR count). The molecule has 0 radical (unpaired) electrons. The fourth-order valence-electron chi connectivity index (χ4n) is 4.26. The molecule has 0 amide bonds. The maximum atomic E-state index is 12.5. The molecule has 1 aromatic heterocycles. The van der Waals surface area contributed by atoms with Crippen LogP contribution in [0.25, 0.3) is 17.2 Å². The van der Waals surface area contributed by atoms with E-state index in [-0.39, 0.29) is 23.1 Å². The van der Waals surface area contributed by atoms with E-state index < -0.39 is 9.84 Å². The van der Waals surface area contributed by atoms with Gasteiger partial charge in [-0.2, -0.15) is 0 Å². The summed E-state index contributed by atoms with van der Waals surface area (Å²) in [7, 11) is -1.66. The summed E-state index contributed by atoms with van der Waals surface area (Å²) in [6, 6.07) is 5.16. The molecular weight excluding hydrogens is 376 g/mol. The molecule has 2 heterocycles. The number of nitrogens with zero attached hydrogens (tertiary/aromatic N) is 2. The Kier molecular flexibility index (Phi) is 4.67. The van der Waals surface area contributed by atoms with E-state index in [9.17, 15) is 18.3 Å². The molecule has 1 saturated heterocycles. The summed E-state index contributed by atoms with van der Waals surface area (Å²) in [5.74, 6) is 0. The predicted molar refractivity (Wildman–Crippen MR) is 110 cm³/mol.